The highest BCUT2D eigenvalue weighted by atomic mass is 16.5. The van der Waals surface area contributed by atoms with Crippen molar-refractivity contribution in [3.63, 3.8) is 0 Å². The molecule has 0 fully saturated rings. The largest absolute Gasteiger partial charge is 0.457 e. The van der Waals surface area contributed by atoms with Crippen molar-refractivity contribution in [1.82, 2.24) is 19.6 Å². The second-order valence-corrected chi connectivity index (χ2v) is 6.38. The molecule has 2 heterocycles. The molecule has 0 aliphatic rings. The molecular weight excluding hydrogens is 338 g/mol. The van der Waals surface area contributed by atoms with Crippen LogP contribution in [0.15, 0.2) is 60.9 Å². The summed E-state index contributed by atoms with van der Waals surface area (Å²) in [6.07, 6.45) is 2.39. The summed E-state index contributed by atoms with van der Waals surface area (Å²) >= 11 is 0. The molecule has 2 aromatic carbocycles. The first kappa shape index (κ1) is 17.0. The summed E-state index contributed by atoms with van der Waals surface area (Å²) in [6, 6.07) is 18.0. The third-order valence-electron chi connectivity index (χ3n) is 4.49. The minimum absolute atomic E-state index is 0.610. The van der Waals surface area contributed by atoms with E-state index in [9.17, 15) is 0 Å². The predicted octanol–water partition coefficient (Wildman–Crippen LogP) is 4.19. The maximum Gasteiger partial charge on any atom is 0.254 e. The van der Waals surface area contributed by atoms with Gasteiger partial charge in [0.15, 0.2) is 0 Å². The smallest absolute Gasteiger partial charge is 0.254 e. The van der Waals surface area contributed by atoms with E-state index in [0.29, 0.717) is 5.78 Å². The number of benzene rings is 2. The van der Waals surface area contributed by atoms with Gasteiger partial charge in [-0.3, -0.25) is 0 Å². The third kappa shape index (κ3) is 3.74. The average molecular weight is 359 g/mol. The highest BCUT2D eigenvalue weighted by molar-refractivity contribution is 5.51. The van der Waals surface area contributed by atoms with E-state index in [1.54, 1.807) is 4.52 Å². The fourth-order valence-electron chi connectivity index (χ4n) is 2.96. The van der Waals surface area contributed by atoms with Crippen molar-refractivity contribution in [2.75, 3.05) is 11.9 Å². The summed E-state index contributed by atoms with van der Waals surface area (Å²) in [6.45, 7) is 4.80. The second-order valence-electron chi connectivity index (χ2n) is 6.38. The van der Waals surface area contributed by atoms with E-state index in [2.05, 4.69) is 32.5 Å². The van der Waals surface area contributed by atoms with Crippen molar-refractivity contribution in [3.05, 3.63) is 77.7 Å². The molecule has 0 radical (unpaired) electrons. The SMILES string of the molecule is Cc1nc2ncnn2c(NCCc2cccc(Oc3ccccc3)c2)c1C. The molecule has 6 heteroatoms. The first-order valence-corrected chi connectivity index (χ1v) is 8.93. The fourth-order valence-corrected chi connectivity index (χ4v) is 2.96. The quantitative estimate of drug-likeness (QED) is 0.559. The number of para-hydroxylation sites is 1. The van der Waals surface area contributed by atoms with Gasteiger partial charge in [0.25, 0.3) is 5.78 Å². The van der Waals surface area contributed by atoms with E-state index in [0.717, 1.165) is 41.5 Å². The molecule has 136 valence electrons. The minimum Gasteiger partial charge on any atom is -0.457 e. The van der Waals surface area contributed by atoms with Crippen LogP contribution < -0.4 is 10.1 Å². The molecule has 0 saturated carbocycles. The van der Waals surface area contributed by atoms with Crippen LogP contribution in [-0.4, -0.2) is 26.1 Å². The van der Waals surface area contributed by atoms with E-state index in [1.165, 1.54) is 11.9 Å². The zero-order chi connectivity index (χ0) is 18.6. The van der Waals surface area contributed by atoms with Gasteiger partial charge < -0.3 is 10.1 Å². The second kappa shape index (κ2) is 7.45. The standard InChI is InChI=1S/C21H21N5O/c1-15-16(2)25-21-23-14-24-26(21)20(15)22-12-11-17-7-6-10-19(13-17)27-18-8-4-3-5-9-18/h3-10,13-14,22H,11-12H2,1-2H3. The lowest BCUT2D eigenvalue weighted by Crippen LogP contribution is -2.12. The highest BCUT2D eigenvalue weighted by Crippen LogP contribution is 2.22. The Bertz CT molecular complexity index is 1060. The van der Waals surface area contributed by atoms with Gasteiger partial charge >= 0.3 is 0 Å². The van der Waals surface area contributed by atoms with Crippen molar-refractivity contribution in [2.24, 2.45) is 0 Å². The van der Waals surface area contributed by atoms with Crippen molar-refractivity contribution in [1.29, 1.82) is 0 Å². The van der Waals surface area contributed by atoms with E-state index >= 15 is 0 Å². The summed E-state index contributed by atoms with van der Waals surface area (Å²) in [5, 5.41) is 7.75. The lowest BCUT2D eigenvalue weighted by Gasteiger charge is -2.13. The molecule has 4 aromatic rings. The highest BCUT2D eigenvalue weighted by Gasteiger charge is 2.10. The summed E-state index contributed by atoms with van der Waals surface area (Å²) in [5.41, 5.74) is 3.24. The van der Waals surface area contributed by atoms with Crippen LogP contribution >= 0.6 is 0 Å². The number of hydrogen-bond acceptors (Lipinski definition) is 5. The molecule has 0 unspecified atom stereocenters. The van der Waals surface area contributed by atoms with E-state index in [1.807, 2.05) is 56.3 Å². The van der Waals surface area contributed by atoms with Crippen LogP contribution in [-0.2, 0) is 6.42 Å². The predicted molar refractivity (Wildman–Crippen MR) is 105 cm³/mol. The van der Waals surface area contributed by atoms with Gasteiger partial charge in [0.1, 0.15) is 23.6 Å². The molecule has 4 rings (SSSR count). The fraction of sp³-hybridized carbons (Fsp3) is 0.190. The first-order chi connectivity index (χ1) is 13.2. The lowest BCUT2D eigenvalue weighted by atomic mass is 10.1. The van der Waals surface area contributed by atoms with Gasteiger partial charge in [0.05, 0.1) is 0 Å². The lowest BCUT2D eigenvalue weighted by molar-refractivity contribution is 0.482. The zero-order valence-electron chi connectivity index (χ0n) is 15.4. The summed E-state index contributed by atoms with van der Waals surface area (Å²) < 4.78 is 7.66. The maximum absolute atomic E-state index is 5.91. The Morgan fingerprint density at radius 3 is 2.67 bits per heavy atom. The molecule has 0 bridgehead atoms. The van der Waals surface area contributed by atoms with E-state index < -0.39 is 0 Å². The molecule has 0 spiro atoms. The van der Waals surface area contributed by atoms with E-state index in [4.69, 9.17) is 4.74 Å². The molecular formula is C21H21N5O. The van der Waals surface area contributed by atoms with Gasteiger partial charge in [-0.25, -0.2) is 4.98 Å². The first-order valence-electron chi connectivity index (χ1n) is 8.93. The van der Waals surface area contributed by atoms with Gasteiger partial charge in [-0.2, -0.15) is 14.6 Å². The Labute approximate surface area is 157 Å². The van der Waals surface area contributed by atoms with Crippen molar-refractivity contribution >= 4 is 11.6 Å². The number of anilines is 1. The molecule has 0 amide bonds. The molecule has 2 aromatic heterocycles. The van der Waals surface area contributed by atoms with Crippen LogP contribution in [0.5, 0.6) is 11.5 Å². The van der Waals surface area contributed by atoms with Gasteiger partial charge in [0.2, 0.25) is 0 Å². The topological polar surface area (TPSA) is 64.3 Å². The summed E-state index contributed by atoms with van der Waals surface area (Å²) in [5.74, 6) is 3.23. The van der Waals surface area contributed by atoms with E-state index in [-0.39, 0.29) is 0 Å². The van der Waals surface area contributed by atoms with Gasteiger partial charge in [0, 0.05) is 17.8 Å². The van der Waals surface area contributed by atoms with Crippen LogP contribution in [0.2, 0.25) is 0 Å². The number of fused-ring (bicyclic) bond motifs is 1. The number of aryl methyl sites for hydroxylation is 1. The number of ether oxygens (including phenoxy) is 1. The average Bonchev–Trinajstić information content (AvgIpc) is 3.14. The van der Waals surface area contributed by atoms with Gasteiger partial charge in [-0.1, -0.05) is 30.3 Å². The zero-order valence-corrected chi connectivity index (χ0v) is 15.4. The molecule has 0 saturated heterocycles. The number of hydrogen-bond donors (Lipinski definition) is 1. The molecule has 1 N–H and O–H groups in total. The summed E-state index contributed by atoms with van der Waals surface area (Å²) in [4.78, 5) is 8.63. The van der Waals surface area contributed by atoms with Crippen LogP contribution in [0, 0.1) is 13.8 Å². The van der Waals surface area contributed by atoms with Crippen molar-refractivity contribution in [2.45, 2.75) is 20.3 Å². The third-order valence-corrected chi connectivity index (χ3v) is 4.49. The van der Waals surface area contributed by atoms with Gasteiger partial charge in [-0.15, -0.1) is 0 Å². The minimum atomic E-state index is 0.610. The Balaban J connectivity index is 1.45. The Morgan fingerprint density at radius 1 is 1.00 bits per heavy atom. The van der Waals surface area contributed by atoms with Crippen molar-refractivity contribution < 1.29 is 4.74 Å². The Hall–Kier alpha value is -3.41. The van der Waals surface area contributed by atoms with Crippen LogP contribution in [0.1, 0.15) is 16.8 Å². The number of nitrogens with zero attached hydrogens (tertiary/aromatic N) is 4. The summed E-state index contributed by atoms with van der Waals surface area (Å²) in [7, 11) is 0. The monoisotopic (exact) mass is 359 g/mol. The molecule has 27 heavy (non-hydrogen) atoms. The number of rotatable bonds is 6. The Kier molecular flexibility index (Phi) is 4.70. The Morgan fingerprint density at radius 2 is 1.81 bits per heavy atom. The van der Waals surface area contributed by atoms with Crippen LogP contribution in [0.4, 0.5) is 5.82 Å². The molecule has 0 aliphatic carbocycles. The van der Waals surface area contributed by atoms with Crippen molar-refractivity contribution in [3.8, 4) is 11.5 Å². The molecule has 6 nitrogen and oxygen atoms in total. The molecule has 0 atom stereocenters. The molecule has 0 aliphatic heterocycles. The number of aromatic nitrogens is 4. The van der Waals surface area contributed by atoms with Gasteiger partial charge in [-0.05, 0) is 50.1 Å². The van der Waals surface area contributed by atoms with Crippen LogP contribution in [0.3, 0.4) is 0 Å². The normalized spacial score (nSPS) is 10.9. The van der Waals surface area contributed by atoms with Crippen LogP contribution in [0.25, 0.3) is 5.78 Å². The number of nitrogens with one attached hydrogen (secondary N) is 1. The maximum atomic E-state index is 5.91.